The summed E-state index contributed by atoms with van der Waals surface area (Å²) in [7, 11) is 1.59. The van der Waals surface area contributed by atoms with Gasteiger partial charge in [-0.2, -0.15) is 0 Å². The Kier molecular flexibility index (Phi) is 4.28. The van der Waals surface area contributed by atoms with Crippen LogP contribution in [-0.2, 0) is 6.54 Å². The van der Waals surface area contributed by atoms with Gasteiger partial charge in [0.05, 0.1) is 19.0 Å². The molecule has 0 aliphatic heterocycles. The Morgan fingerprint density at radius 2 is 2.06 bits per heavy atom. The van der Waals surface area contributed by atoms with Crippen LogP contribution in [0.2, 0.25) is 10.0 Å². The summed E-state index contributed by atoms with van der Waals surface area (Å²) in [6, 6.07) is 9.14. The molecular formula is C13H12Cl2N2O. The van der Waals surface area contributed by atoms with Gasteiger partial charge in [-0.1, -0.05) is 29.3 Å². The number of nitrogens with one attached hydrogen (secondary N) is 1. The Balaban J connectivity index is 2.02. The van der Waals surface area contributed by atoms with E-state index in [-0.39, 0.29) is 0 Å². The molecule has 0 aliphatic carbocycles. The zero-order chi connectivity index (χ0) is 13.0. The average Bonchev–Trinajstić information content (AvgIpc) is 2.38. The van der Waals surface area contributed by atoms with Gasteiger partial charge in [0.15, 0.2) is 0 Å². The first-order valence-electron chi connectivity index (χ1n) is 5.37. The molecule has 2 aromatic rings. The molecule has 0 saturated carbocycles. The van der Waals surface area contributed by atoms with Crippen LogP contribution in [0, 0.1) is 0 Å². The maximum atomic E-state index is 6.08. The van der Waals surface area contributed by atoms with Crippen LogP contribution in [-0.4, -0.2) is 12.1 Å². The first-order valence-corrected chi connectivity index (χ1v) is 6.12. The Hall–Kier alpha value is -1.45. The average molecular weight is 283 g/mol. The second kappa shape index (κ2) is 5.94. The number of ether oxygens (including phenoxy) is 1. The summed E-state index contributed by atoms with van der Waals surface area (Å²) >= 11 is 11.9. The quantitative estimate of drug-likeness (QED) is 0.920. The van der Waals surface area contributed by atoms with Gasteiger partial charge >= 0.3 is 0 Å². The highest BCUT2D eigenvalue weighted by molar-refractivity contribution is 6.35. The molecule has 18 heavy (non-hydrogen) atoms. The topological polar surface area (TPSA) is 34.1 Å². The number of anilines is 1. The Labute approximate surface area is 116 Å². The van der Waals surface area contributed by atoms with Crippen LogP contribution in [0.25, 0.3) is 0 Å². The summed E-state index contributed by atoms with van der Waals surface area (Å²) in [6.07, 6.45) is 1.71. The van der Waals surface area contributed by atoms with Crippen molar-refractivity contribution in [1.82, 2.24) is 4.98 Å². The van der Waals surface area contributed by atoms with Gasteiger partial charge in [-0.05, 0) is 23.8 Å². The first-order chi connectivity index (χ1) is 8.69. The van der Waals surface area contributed by atoms with Gasteiger partial charge < -0.3 is 10.1 Å². The molecule has 0 atom stereocenters. The molecule has 0 spiro atoms. The summed E-state index contributed by atoms with van der Waals surface area (Å²) in [5, 5.41) is 4.51. The summed E-state index contributed by atoms with van der Waals surface area (Å²) < 4.78 is 4.99. The van der Waals surface area contributed by atoms with Crippen LogP contribution in [0.4, 0.5) is 5.69 Å². The normalized spacial score (nSPS) is 10.2. The van der Waals surface area contributed by atoms with E-state index in [1.807, 2.05) is 18.2 Å². The van der Waals surface area contributed by atoms with Crippen molar-refractivity contribution in [3.05, 3.63) is 52.1 Å². The predicted octanol–water partition coefficient (Wildman–Crippen LogP) is 4.01. The molecule has 0 saturated heterocycles. The lowest BCUT2D eigenvalue weighted by Crippen LogP contribution is -2.00. The second-order valence-corrected chi connectivity index (χ2v) is 4.52. The lowest BCUT2D eigenvalue weighted by Gasteiger charge is -2.08. The minimum atomic E-state index is 0.588. The molecule has 0 bridgehead atoms. The van der Waals surface area contributed by atoms with Crippen molar-refractivity contribution in [3.63, 3.8) is 0 Å². The van der Waals surface area contributed by atoms with Gasteiger partial charge in [0.1, 0.15) is 0 Å². The third kappa shape index (κ3) is 3.28. The molecule has 1 N–H and O–H groups in total. The number of halogens is 2. The number of rotatable bonds is 4. The number of pyridine rings is 1. The third-order valence-corrected chi connectivity index (χ3v) is 3.03. The van der Waals surface area contributed by atoms with E-state index in [1.54, 1.807) is 25.4 Å². The number of methoxy groups -OCH3 is 1. The molecule has 1 aromatic heterocycles. The monoisotopic (exact) mass is 282 g/mol. The molecule has 0 unspecified atom stereocenters. The lowest BCUT2D eigenvalue weighted by molar-refractivity contribution is 0.398. The van der Waals surface area contributed by atoms with E-state index in [0.717, 1.165) is 11.3 Å². The van der Waals surface area contributed by atoms with Gasteiger partial charge in [-0.25, -0.2) is 4.98 Å². The van der Waals surface area contributed by atoms with Crippen molar-refractivity contribution in [2.24, 2.45) is 0 Å². The van der Waals surface area contributed by atoms with Crippen molar-refractivity contribution < 1.29 is 4.74 Å². The number of hydrogen-bond acceptors (Lipinski definition) is 3. The molecule has 2 rings (SSSR count). The highest BCUT2D eigenvalue weighted by Gasteiger charge is 2.01. The van der Waals surface area contributed by atoms with Gasteiger partial charge in [0.2, 0.25) is 5.88 Å². The van der Waals surface area contributed by atoms with Gasteiger partial charge in [0.25, 0.3) is 0 Å². The summed E-state index contributed by atoms with van der Waals surface area (Å²) in [5.74, 6) is 0.588. The van der Waals surface area contributed by atoms with Crippen molar-refractivity contribution in [1.29, 1.82) is 0 Å². The van der Waals surface area contributed by atoms with Crippen LogP contribution in [0.5, 0.6) is 5.88 Å². The fraction of sp³-hybridized carbons (Fsp3) is 0.154. The highest BCUT2D eigenvalue weighted by Crippen LogP contribution is 2.22. The molecule has 0 aliphatic rings. The Morgan fingerprint density at radius 1 is 1.22 bits per heavy atom. The van der Waals surface area contributed by atoms with Crippen LogP contribution >= 0.6 is 23.2 Å². The minimum absolute atomic E-state index is 0.588. The molecule has 94 valence electrons. The second-order valence-electron chi connectivity index (χ2n) is 3.68. The molecule has 1 aromatic carbocycles. The van der Waals surface area contributed by atoms with E-state index in [9.17, 15) is 0 Å². The molecule has 3 nitrogen and oxygen atoms in total. The summed E-state index contributed by atoms with van der Waals surface area (Å²) in [5.41, 5.74) is 1.89. The van der Waals surface area contributed by atoms with Gasteiger partial charge in [0, 0.05) is 22.7 Å². The van der Waals surface area contributed by atoms with E-state index in [2.05, 4.69) is 10.3 Å². The van der Waals surface area contributed by atoms with Crippen molar-refractivity contribution in [2.45, 2.75) is 6.54 Å². The zero-order valence-electron chi connectivity index (χ0n) is 9.78. The van der Waals surface area contributed by atoms with Crippen molar-refractivity contribution in [2.75, 3.05) is 12.4 Å². The van der Waals surface area contributed by atoms with E-state index < -0.39 is 0 Å². The SMILES string of the molecule is COc1ccc(NCc2ccc(Cl)cc2Cl)cn1. The molecule has 1 heterocycles. The fourth-order valence-corrected chi connectivity index (χ4v) is 1.94. The van der Waals surface area contributed by atoms with Crippen LogP contribution in [0.1, 0.15) is 5.56 Å². The van der Waals surface area contributed by atoms with Crippen LogP contribution < -0.4 is 10.1 Å². The zero-order valence-corrected chi connectivity index (χ0v) is 11.3. The fourth-order valence-electron chi connectivity index (χ4n) is 1.47. The van der Waals surface area contributed by atoms with Crippen molar-refractivity contribution in [3.8, 4) is 5.88 Å². The number of benzene rings is 1. The summed E-state index contributed by atoms with van der Waals surface area (Å²) in [4.78, 5) is 4.11. The number of aromatic nitrogens is 1. The number of nitrogens with zero attached hydrogens (tertiary/aromatic N) is 1. The van der Waals surface area contributed by atoms with E-state index in [4.69, 9.17) is 27.9 Å². The standard InChI is InChI=1S/C13H12Cl2N2O/c1-18-13-5-4-11(8-17-13)16-7-9-2-3-10(14)6-12(9)15/h2-6,8,16H,7H2,1H3. The van der Waals surface area contributed by atoms with Gasteiger partial charge in [-0.15, -0.1) is 0 Å². The third-order valence-electron chi connectivity index (χ3n) is 2.44. The Morgan fingerprint density at radius 3 is 2.67 bits per heavy atom. The van der Waals surface area contributed by atoms with E-state index in [0.29, 0.717) is 22.5 Å². The minimum Gasteiger partial charge on any atom is -0.481 e. The maximum absolute atomic E-state index is 6.08. The smallest absolute Gasteiger partial charge is 0.213 e. The molecule has 0 fully saturated rings. The first kappa shape index (κ1) is 13.0. The van der Waals surface area contributed by atoms with E-state index >= 15 is 0 Å². The van der Waals surface area contributed by atoms with E-state index in [1.165, 1.54) is 0 Å². The maximum Gasteiger partial charge on any atom is 0.213 e. The number of hydrogen-bond donors (Lipinski definition) is 1. The van der Waals surface area contributed by atoms with Crippen molar-refractivity contribution >= 4 is 28.9 Å². The highest BCUT2D eigenvalue weighted by atomic mass is 35.5. The lowest BCUT2D eigenvalue weighted by atomic mass is 10.2. The van der Waals surface area contributed by atoms with Gasteiger partial charge in [-0.3, -0.25) is 0 Å². The molecular weight excluding hydrogens is 271 g/mol. The molecule has 0 radical (unpaired) electrons. The van der Waals surface area contributed by atoms with Crippen LogP contribution in [0.15, 0.2) is 36.5 Å². The molecule has 5 heteroatoms. The summed E-state index contributed by atoms with van der Waals surface area (Å²) in [6.45, 7) is 0.615. The predicted molar refractivity (Wildman–Crippen MR) is 74.6 cm³/mol. The Bertz CT molecular complexity index is 529. The molecule has 0 amide bonds. The largest absolute Gasteiger partial charge is 0.481 e. The van der Waals surface area contributed by atoms with Crippen LogP contribution in [0.3, 0.4) is 0 Å².